The van der Waals surface area contributed by atoms with Crippen molar-refractivity contribution in [2.24, 2.45) is 0 Å². The first-order valence-corrected chi connectivity index (χ1v) is 37.7. The highest BCUT2D eigenvalue weighted by atomic mass is 16.7. The second-order valence-corrected chi connectivity index (χ2v) is 26.6. The fraction of sp³-hybridized carbons (Fsp3) is 0.787. The van der Waals surface area contributed by atoms with Crippen molar-refractivity contribution < 1.29 is 42.9 Å². The Balaban J connectivity index is 3.99. The molecule has 2 unspecified atom stereocenters. The van der Waals surface area contributed by atoms with Gasteiger partial charge in [0.05, 0.1) is 40.3 Å². The van der Waals surface area contributed by atoms with Gasteiger partial charge >= 0.3 is 11.9 Å². The van der Waals surface area contributed by atoms with Crippen LogP contribution >= 0.6 is 0 Å². The molecule has 0 aliphatic carbocycles. The average Bonchev–Trinajstić information content (AvgIpc) is 3.64. The summed E-state index contributed by atoms with van der Waals surface area (Å²) in [6.45, 7) is 4.66. The molecular formula is C80H143NO8. The van der Waals surface area contributed by atoms with E-state index in [-0.39, 0.29) is 32.2 Å². The van der Waals surface area contributed by atoms with Crippen molar-refractivity contribution in [2.45, 2.75) is 360 Å². The van der Waals surface area contributed by atoms with Crippen molar-refractivity contribution in [2.75, 3.05) is 47.5 Å². The number of quaternary nitrogens is 1. The van der Waals surface area contributed by atoms with E-state index in [0.717, 1.165) is 77.0 Å². The number of likely N-dealkylation sites (N-methyl/N-ethyl adjacent to an activating group) is 1. The smallest absolute Gasteiger partial charge is 0.306 e. The Bertz CT molecular complexity index is 1740. The van der Waals surface area contributed by atoms with Gasteiger partial charge in [-0.25, -0.2) is 0 Å². The molecular weight excluding hydrogens is 1100 g/mol. The number of rotatable bonds is 70. The number of hydrogen-bond acceptors (Lipinski definition) is 8. The number of hydrogen-bond donors (Lipinski definition) is 0. The summed E-state index contributed by atoms with van der Waals surface area (Å²) in [4.78, 5) is 37.5. The molecule has 0 aliphatic heterocycles. The predicted octanol–water partition coefficient (Wildman–Crippen LogP) is 22.5. The normalized spacial score (nSPS) is 13.1. The van der Waals surface area contributed by atoms with Crippen LogP contribution in [-0.2, 0) is 33.3 Å². The van der Waals surface area contributed by atoms with Crippen molar-refractivity contribution >= 4 is 17.9 Å². The molecule has 0 saturated heterocycles. The first kappa shape index (κ1) is 85.5. The third-order valence-corrected chi connectivity index (χ3v) is 16.6. The van der Waals surface area contributed by atoms with Crippen LogP contribution in [0.4, 0.5) is 0 Å². The van der Waals surface area contributed by atoms with Gasteiger partial charge in [-0.1, -0.05) is 330 Å². The SMILES string of the molecule is CC/C=C\C/C=C\C/C=C\C/C=C\CCCCCCCCCCCCCCC(=O)OC(COC(=O)CCCCCCCCCCCCCCCCCCCCCCCCCC/C=C\C/C=C\C/C=C\CCCCCCC)COC(OCC[N+](C)(C)C)C(=O)[O-]. The quantitative estimate of drug-likeness (QED) is 0.0195. The molecule has 0 amide bonds. The number of aliphatic carboxylic acids is 1. The lowest BCUT2D eigenvalue weighted by molar-refractivity contribution is -0.870. The average molecular weight is 1250 g/mol. The van der Waals surface area contributed by atoms with Gasteiger partial charge in [0.1, 0.15) is 13.2 Å². The van der Waals surface area contributed by atoms with Crippen molar-refractivity contribution in [3.63, 3.8) is 0 Å². The molecule has 0 N–H and O–H groups in total. The van der Waals surface area contributed by atoms with Gasteiger partial charge in [-0.15, -0.1) is 0 Å². The Hall–Kier alpha value is -3.53. The summed E-state index contributed by atoms with van der Waals surface area (Å²) < 4.78 is 22.8. The first-order valence-electron chi connectivity index (χ1n) is 37.7. The molecule has 0 aliphatic rings. The standard InChI is InChI=1S/C80H143NO8/c1-6-8-10-12-14-16-18-20-22-24-26-28-30-32-33-34-35-36-37-38-39-40-41-42-43-44-45-47-48-50-52-54-56-58-60-62-64-66-68-70-77(82)87-74-76(75-88-80(79(84)85)86-73-72-81(3,4)5)89-78(83)71-69-67-65-63-61-59-57-55-53-51-49-46-31-29-27-25-23-21-19-17-15-13-11-9-7-2/h9,11,15,17-18,20-21,23-24,26-27,29-30,32,76,80H,6-8,10,12-14,16,19,22,25,28,31,33-75H2,1-5H3/b11-9-,17-15-,20-18-,23-21-,26-24-,29-27-,32-30-. The summed E-state index contributed by atoms with van der Waals surface area (Å²) in [7, 11) is 5.94. The van der Waals surface area contributed by atoms with Gasteiger partial charge in [0.2, 0.25) is 0 Å². The van der Waals surface area contributed by atoms with Crippen LogP contribution in [0.3, 0.4) is 0 Å². The Morgan fingerprint density at radius 3 is 0.955 bits per heavy atom. The van der Waals surface area contributed by atoms with Crippen LogP contribution in [0.25, 0.3) is 0 Å². The molecule has 516 valence electrons. The van der Waals surface area contributed by atoms with Gasteiger partial charge in [0, 0.05) is 12.8 Å². The van der Waals surface area contributed by atoms with Crippen LogP contribution in [0.15, 0.2) is 85.1 Å². The highest BCUT2D eigenvalue weighted by Gasteiger charge is 2.22. The van der Waals surface area contributed by atoms with Crippen molar-refractivity contribution in [1.29, 1.82) is 0 Å². The zero-order valence-electron chi connectivity index (χ0n) is 59.0. The van der Waals surface area contributed by atoms with Gasteiger partial charge in [-0.05, 0) is 89.9 Å². The third-order valence-electron chi connectivity index (χ3n) is 16.6. The van der Waals surface area contributed by atoms with Gasteiger partial charge in [-0.2, -0.15) is 0 Å². The maximum atomic E-state index is 12.9. The molecule has 0 aromatic rings. The Kier molecular flexibility index (Phi) is 67.6. The maximum Gasteiger partial charge on any atom is 0.306 e. The summed E-state index contributed by atoms with van der Waals surface area (Å²) in [6, 6.07) is 0. The molecule has 0 radical (unpaired) electrons. The van der Waals surface area contributed by atoms with Crippen molar-refractivity contribution in [3.8, 4) is 0 Å². The van der Waals surface area contributed by atoms with E-state index in [0.29, 0.717) is 23.9 Å². The van der Waals surface area contributed by atoms with E-state index in [1.165, 1.54) is 238 Å². The summed E-state index contributed by atoms with van der Waals surface area (Å²) in [5, 5.41) is 11.8. The van der Waals surface area contributed by atoms with Crippen LogP contribution in [0.2, 0.25) is 0 Å². The molecule has 0 fully saturated rings. The molecule has 0 bridgehead atoms. The monoisotopic (exact) mass is 1250 g/mol. The van der Waals surface area contributed by atoms with E-state index < -0.39 is 24.3 Å². The summed E-state index contributed by atoms with van der Waals surface area (Å²) in [6.07, 6.45) is 92.6. The van der Waals surface area contributed by atoms with E-state index in [1.54, 1.807) is 0 Å². The second kappa shape index (κ2) is 70.3. The minimum atomic E-state index is -1.62. The number of carbonyl (C=O) groups excluding carboxylic acids is 3. The van der Waals surface area contributed by atoms with Crippen LogP contribution < -0.4 is 5.11 Å². The molecule has 9 heteroatoms. The number of carboxylic acid groups (broad SMARTS) is 1. The lowest BCUT2D eigenvalue weighted by atomic mass is 10.0. The number of ether oxygens (including phenoxy) is 4. The van der Waals surface area contributed by atoms with E-state index >= 15 is 0 Å². The molecule has 0 heterocycles. The number of nitrogens with zero attached hydrogens (tertiary/aromatic N) is 1. The number of unbranched alkanes of at least 4 members (excludes halogenated alkanes) is 41. The fourth-order valence-corrected chi connectivity index (χ4v) is 10.9. The van der Waals surface area contributed by atoms with Gasteiger partial charge in [0.25, 0.3) is 0 Å². The zero-order valence-corrected chi connectivity index (χ0v) is 59.0. The minimum Gasteiger partial charge on any atom is -0.545 e. The van der Waals surface area contributed by atoms with E-state index in [4.69, 9.17) is 18.9 Å². The molecule has 0 aromatic carbocycles. The molecule has 89 heavy (non-hydrogen) atoms. The lowest BCUT2D eigenvalue weighted by Gasteiger charge is -2.26. The Morgan fingerprint density at radius 1 is 0.348 bits per heavy atom. The highest BCUT2D eigenvalue weighted by Crippen LogP contribution is 2.18. The van der Waals surface area contributed by atoms with E-state index in [1.807, 2.05) is 21.1 Å². The summed E-state index contributed by atoms with van der Waals surface area (Å²) >= 11 is 0. The maximum absolute atomic E-state index is 12.9. The second-order valence-electron chi connectivity index (χ2n) is 26.6. The van der Waals surface area contributed by atoms with Gasteiger partial charge in [0.15, 0.2) is 12.4 Å². The summed E-state index contributed by atoms with van der Waals surface area (Å²) in [5.74, 6) is -2.27. The number of carbonyl (C=O) groups is 3. The van der Waals surface area contributed by atoms with Gasteiger partial charge in [-0.3, -0.25) is 9.59 Å². The van der Waals surface area contributed by atoms with Crippen LogP contribution in [0.1, 0.15) is 348 Å². The molecule has 0 aromatic heterocycles. The zero-order chi connectivity index (χ0) is 64.7. The lowest BCUT2D eigenvalue weighted by Crippen LogP contribution is -2.44. The number of allylic oxidation sites excluding steroid dienone is 14. The fourth-order valence-electron chi connectivity index (χ4n) is 10.9. The molecule has 2 atom stereocenters. The van der Waals surface area contributed by atoms with Crippen molar-refractivity contribution in [3.05, 3.63) is 85.1 Å². The van der Waals surface area contributed by atoms with Gasteiger partial charge < -0.3 is 33.3 Å². The molecule has 0 spiro atoms. The summed E-state index contributed by atoms with van der Waals surface area (Å²) in [5.41, 5.74) is 0. The number of carboxylic acids is 1. The highest BCUT2D eigenvalue weighted by molar-refractivity contribution is 5.70. The Morgan fingerprint density at radius 2 is 0.640 bits per heavy atom. The van der Waals surface area contributed by atoms with E-state index in [2.05, 4.69) is 98.9 Å². The first-order chi connectivity index (χ1) is 43.6. The number of esters is 2. The Labute approximate surface area is 550 Å². The minimum absolute atomic E-state index is 0.146. The predicted molar refractivity (Wildman–Crippen MR) is 380 cm³/mol. The largest absolute Gasteiger partial charge is 0.545 e. The van der Waals surface area contributed by atoms with Crippen LogP contribution in [-0.4, -0.2) is 82.3 Å². The van der Waals surface area contributed by atoms with Crippen molar-refractivity contribution in [1.82, 2.24) is 0 Å². The third kappa shape index (κ3) is 71.8. The van der Waals surface area contributed by atoms with Crippen LogP contribution in [0.5, 0.6) is 0 Å². The van der Waals surface area contributed by atoms with Crippen LogP contribution in [0, 0.1) is 0 Å². The molecule has 0 rings (SSSR count). The molecule has 9 nitrogen and oxygen atoms in total. The molecule has 0 saturated carbocycles. The topological polar surface area (TPSA) is 111 Å². The van der Waals surface area contributed by atoms with E-state index in [9.17, 15) is 19.5 Å².